The fourth-order valence-electron chi connectivity index (χ4n) is 2.64. The summed E-state index contributed by atoms with van der Waals surface area (Å²) in [6.07, 6.45) is 4.89. The van der Waals surface area contributed by atoms with Gasteiger partial charge >= 0.3 is 0 Å². The van der Waals surface area contributed by atoms with E-state index in [2.05, 4.69) is 51.2 Å². The van der Waals surface area contributed by atoms with Crippen LogP contribution >= 0.6 is 0 Å². The Balaban J connectivity index is 2.38. The van der Waals surface area contributed by atoms with Crippen LogP contribution in [0.2, 0.25) is 0 Å². The summed E-state index contributed by atoms with van der Waals surface area (Å²) < 4.78 is 5.87. The molecule has 0 spiro atoms. The first-order chi connectivity index (χ1) is 9.69. The van der Waals surface area contributed by atoms with Crippen molar-refractivity contribution in [1.29, 1.82) is 0 Å². The highest BCUT2D eigenvalue weighted by atomic mass is 16.5. The topological polar surface area (TPSA) is 21.3 Å². The largest absolute Gasteiger partial charge is 0.494 e. The van der Waals surface area contributed by atoms with E-state index in [9.17, 15) is 0 Å². The normalized spacial score (nSPS) is 12.7. The lowest BCUT2D eigenvalue weighted by Gasteiger charge is -2.22. The summed E-state index contributed by atoms with van der Waals surface area (Å²) >= 11 is 0. The van der Waals surface area contributed by atoms with Crippen LogP contribution in [-0.4, -0.2) is 19.2 Å². The van der Waals surface area contributed by atoms with E-state index >= 15 is 0 Å². The molecule has 0 amide bonds. The number of ether oxygens (including phenoxy) is 1. The van der Waals surface area contributed by atoms with Gasteiger partial charge in [-0.05, 0) is 49.9 Å². The molecule has 114 valence electrons. The lowest BCUT2D eigenvalue weighted by Crippen LogP contribution is -2.32. The monoisotopic (exact) mass is 277 g/mol. The van der Waals surface area contributed by atoms with Gasteiger partial charge in [0.05, 0.1) is 6.61 Å². The molecule has 0 radical (unpaired) electrons. The Kier molecular flexibility index (Phi) is 8.36. The average Bonchev–Trinajstić information content (AvgIpc) is 2.44. The molecule has 0 aliphatic rings. The van der Waals surface area contributed by atoms with Gasteiger partial charge in [-0.15, -0.1) is 0 Å². The molecule has 0 fully saturated rings. The number of aryl methyl sites for hydroxylation is 1. The smallest absolute Gasteiger partial charge is 0.119 e. The Labute approximate surface area is 124 Å². The second-order valence-corrected chi connectivity index (χ2v) is 5.63. The molecule has 20 heavy (non-hydrogen) atoms. The van der Waals surface area contributed by atoms with Gasteiger partial charge < -0.3 is 10.1 Å². The second-order valence-electron chi connectivity index (χ2n) is 5.63. The quantitative estimate of drug-likeness (QED) is 0.676. The maximum absolute atomic E-state index is 5.87. The van der Waals surface area contributed by atoms with Gasteiger partial charge in [-0.2, -0.15) is 0 Å². The van der Waals surface area contributed by atoms with Crippen molar-refractivity contribution in [2.45, 2.75) is 59.4 Å². The van der Waals surface area contributed by atoms with Crippen LogP contribution in [0.4, 0.5) is 0 Å². The molecule has 0 aliphatic heterocycles. The van der Waals surface area contributed by atoms with Crippen LogP contribution in [0.15, 0.2) is 24.3 Å². The summed E-state index contributed by atoms with van der Waals surface area (Å²) in [6.45, 7) is 10.7. The minimum absolute atomic E-state index is 0.578. The highest BCUT2D eigenvalue weighted by Crippen LogP contribution is 2.18. The van der Waals surface area contributed by atoms with Crippen molar-refractivity contribution in [3.63, 3.8) is 0 Å². The number of hydrogen-bond donors (Lipinski definition) is 1. The van der Waals surface area contributed by atoms with Crippen LogP contribution in [0.3, 0.4) is 0 Å². The van der Waals surface area contributed by atoms with Gasteiger partial charge in [-0.3, -0.25) is 0 Å². The number of hydrogen-bond acceptors (Lipinski definition) is 2. The zero-order chi connectivity index (χ0) is 14.8. The molecule has 1 rings (SSSR count). The zero-order valence-electron chi connectivity index (χ0n) is 13.6. The van der Waals surface area contributed by atoms with Gasteiger partial charge in [-0.25, -0.2) is 0 Å². The summed E-state index contributed by atoms with van der Waals surface area (Å²) in [7, 11) is 0. The molecule has 0 bridgehead atoms. The highest BCUT2D eigenvalue weighted by molar-refractivity contribution is 5.27. The lowest BCUT2D eigenvalue weighted by atomic mass is 9.93. The van der Waals surface area contributed by atoms with E-state index in [0.29, 0.717) is 6.04 Å². The van der Waals surface area contributed by atoms with Crippen molar-refractivity contribution in [3.8, 4) is 5.75 Å². The lowest BCUT2D eigenvalue weighted by molar-refractivity contribution is 0.265. The Morgan fingerprint density at radius 2 is 1.90 bits per heavy atom. The van der Waals surface area contributed by atoms with Crippen molar-refractivity contribution in [3.05, 3.63) is 29.8 Å². The van der Waals surface area contributed by atoms with Crippen LogP contribution in [0.25, 0.3) is 0 Å². The molecular formula is C18H31NO. The van der Waals surface area contributed by atoms with Gasteiger partial charge in [0, 0.05) is 6.04 Å². The molecular weight excluding hydrogens is 246 g/mol. The standard InChI is InChI=1S/C18H31NO/c1-5-16(6-2)14-17(19-7-3)11-12-20-18-10-8-9-15(4)13-18/h8-10,13,16-17,19H,5-7,11-12,14H2,1-4H3. The van der Waals surface area contributed by atoms with Crippen LogP contribution in [0.1, 0.15) is 52.0 Å². The minimum Gasteiger partial charge on any atom is -0.494 e. The number of rotatable bonds is 10. The molecule has 1 unspecified atom stereocenters. The van der Waals surface area contributed by atoms with Gasteiger partial charge in [0.2, 0.25) is 0 Å². The number of nitrogens with one attached hydrogen (secondary N) is 1. The summed E-state index contributed by atoms with van der Waals surface area (Å²) in [6, 6.07) is 8.87. The van der Waals surface area contributed by atoms with Gasteiger partial charge in [0.15, 0.2) is 0 Å². The second kappa shape index (κ2) is 9.82. The van der Waals surface area contributed by atoms with Crippen molar-refractivity contribution >= 4 is 0 Å². The third-order valence-corrected chi connectivity index (χ3v) is 3.99. The van der Waals surface area contributed by atoms with Crippen LogP contribution in [-0.2, 0) is 0 Å². The Morgan fingerprint density at radius 3 is 2.50 bits per heavy atom. The summed E-state index contributed by atoms with van der Waals surface area (Å²) in [4.78, 5) is 0. The molecule has 2 nitrogen and oxygen atoms in total. The Bertz CT molecular complexity index is 360. The van der Waals surface area contributed by atoms with Crippen molar-refractivity contribution in [2.75, 3.05) is 13.2 Å². The van der Waals surface area contributed by atoms with Crippen molar-refractivity contribution in [1.82, 2.24) is 5.32 Å². The van der Waals surface area contributed by atoms with Crippen LogP contribution < -0.4 is 10.1 Å². The molecule has 0 saturated carbocycles. The summed E-state index contributed by atoms with van der Waals surface area (Å²) in [5.74, 6) is 1.82. The summed E-state index contributed by atoms with van der Waals surface area (Å²) in [5.41, 5.74) is 1.25. The third-order valence-electron chi connectivity index (χ3n) is 3.99. The van der Waals surface area contributed by atoms with Crippen LogP contribution in [0, 0.1) is 12.8 Å². The van der Waals surface area contributed by atoms with E-state index in [1.807, 2.05) is 6.07 Å². The fraction of sp³-hybridized carbons (Fsp3) is 0.667. The van der Waals surface area contributed by atoms with Gasteiger partial charge in [0.25, 0.3) is 0 Å². The molecule has 1 N–H and O–H groups in total. The van der Waals surface area contributed by atoms with E-state index in [4.69, 9.17) is 4.74 Å². The van der Waals surface area contributed by atoms with E-state index in [1.165, 1.54) is 24.8 Å². The maximum Gasteiger partial charge on any atom is 0.119 e. The predicted molar refractivity (Wildman–Crippen MR) is 87.4 cm³/mol. The van der Waals surface area contributed by atoms with Gasteiger partial charge in [-0.1, -0.05) is 45.7 Å². The first kappa shape index (κ1) is 17.0. The molecule has 1 aromatic rings. The third kappa shape index (κ3) is 6.42. The predicted octanol–water partition coefficient (Wildman–Crippen LogP) is 4.57. The molecule has 0 saturated heterocycles. The molecule has 2 heteroatoms. The van der Waals surface area contributed by atoms with E-state index < -0.39 is 0 Å². The van der Waals surface area contributed by atoms with Crippen molar-refractivity contribution in [2.24, 2.45) is 5.92 Å². The molecule has 0 aliphatic carbocycles. The maximum atomic E-state index is 5.87. The van der Waals surface area contributed by atoms with E-state index in [-0.39, 0.29) is 0 Å². The first-order valence-corrected chi connectivity index (χ1v) is 8.12. The fourth-order valence-corrected chi connectivity index (χ4v) is 2.64. The minimum atomic E-state index is 0.578. The Hall–Kier alpha value is -1.02. The number of benzene rings is 1. The van der Waals surface area contributed by atoms with E-state index in [0.717, 1.165) is 31.2 Å². The summed E-state index contributed by atoms with van der Waals surface area (Å²) in [5, 5.41) is 3.60. The van der Waals surface area contributed by atoms with Gasteiger partial charge in [0.1, 0.15) is 5.75 Å². The SMILES string of the molecule is CCNC(CCOc1cccc(C)c1)CC(CC)CC. The zero-order valence-corrected chi connectivity index (χ0v) is 13.6. The Morgan fingerprint density at radius 1 is 1.15 bits per heavy atom. The van der Waals surface area contributed by atoms with Crippen LogP contribution in [0.5, 0.6) is 5.75 Å². The molecule has 0 aromatic heterocycles. The average molecular weight is 277 g/mol. The molecule has 0 heterocycles. The molecule has 1 aromatic carbocycles. The van der Waals surface area contributed by atoms with Crippen molar-refractivity contribution < 1.29 is 4.74 Å². The van der Waals surface area contributed by atoms with E-state index in [1.54, 1.807) is 0 Å². The molecule has 1 atom stereocenters. The highest BCUT2D eigenvalue weighted by Gasteiger charge is 2.13. The first-order valence-electron chi connectivity index (χ1n) is 8.12.